The normalized spacial score (nSPS) is 22.8. The Kier molecular flexibility index (Phi) is 4.36. The SMILES string of the molecule is CCC1CN(C)CCCN1c1nc(CN)cs1. The van der Waals surface area contributed by atoms with Crippen LogP contribution in [0.25, 0.3) is 0 Å². The van der Waals surface area contributed by atoms with E-state index in [1.54, 1.807) is 11.3 Å². The Morgan fingerprint density at radius 3 is 3.00 bits per heavy atom. The highest BCUT2D eigenvalue weighted by Crippen LogP contribution is 2.25. The molecule has 0 spiro atoms. The van der Waals surface area contributed by atoms with Crippen LogP contribution in [-0.2, 0) is 6.54 Å². The molecule has 0 radical (unpaired) electrons. The van der Waals surface area contributed by atoms with Crippen LogP contribution in [-0.4, -0.2) is 42.6 Å². The van der Waals surface area contributed by atoms with Crippen LogP contribution in [0.2, 0.25) is 0 Å². The van der Waals surface area contributed by atoms with Gasteiger partial charge in [-0.15, -0.1) is 11.3 Å². The van der Waals surface area contributed by atoms with Gasteiger partial charge in [-0.25, -0.2) is 4.98 Å². The summed E-state index contributed by atoms with van der Waals surface area (Å²) in [6.07, 6.45) is 2.38. The van der Waals surface area contributed by atoms with E-state index in [0.29, 0.717) is 12.6 Å². The minimum atomic E-state index is 0.543. The van der Waals surface area contributed by atoms with E-state index >= 15 is 0 Å². The number of aromatic nitrogens is 1. The molecule has 96 valence electrons. The predicted octanol–water partition coefficient (Wildman–Crippen LogP) is 1.52. The Balaban J connectivity index is 2.15. The van der Waals surface area contributed by atoms with Crippen molar-refractivity contribution in [1.82, 2.24) is 9.88 Å². The monoisotopic (exact) mass is 254 g/mol. The molecule has 2 heterocycles. The summed E-state index contributed by atoms with van der Waals surface area (Å²) in [5.74, 6) is 0. The molecule has 1 aromatic heterocycles. The van der Waals surface area contributed by atoms with Gasteiger partial charge < -0.3 is 15.5 Å². The molecule has 0 aliphatic carbocycles. The van der Waals surface area contributed by atoms with Crippen LogP contribution in [0.15, 0.2) is 5.38 Å². The minimum Gasteiger partial charge on any atom is -0.344 e. The van der Waals surface area contributed by atoms with Gasteiger partial charge in [-0.1, -0.05) is 6.92 Å². The number of thiazole rings is 1. The van der Waals surface area contributed by atoms with Crippen molar-refractivity contribution in [3.63, 3.8) is 0 Å². The molecule has 1 aliphatic heterocycles. The van der Waals surface area contributed by atoms with Crippen molar-refractivity contribution < 1.29 is 0 Å². The molecule has 0 amide bonds. The summed E-state index contributed by atoms with van der Waals surface area (Å²) < 4.78 is 0. The lowest BCUT2D eigenvalue weighted by atomic mass is 10.2. The number of likely N-dealkylation sites (N-methyl/N-ethyl adjacent to an activating group) is 1. The maximum Gasteiger partial charge on any atom is 0.185 e. The van der Waals surface area contributed by atoms with Crippen LogP contribution in [0.5, 0.6) is 0 Å². The first-order valence-corrected chi connectivity index (χ1v) is 7.22. The smallest absolute Gasteiger partial charge is 0.185 e. The Labute approximate surface area is 107 Å². The van der Waals surface area contributed by atoms with Crippen molar-refractivity contribution in [3.05, 3.63) is 11.1 Å². The van der Waals surface area contributed by atoms with Crippen molar-refractivity contribution in [1.29, 1.82) is 0 Å². The lowest BCUT2D eigenvalue weighted by molar-refractivity contribution is 0.328. The molecule has 1 aromatic rings. The van der Waals surface area contributed by atoms with Gasteiger partial charge in [0.15, 0.2) is 5.13 Å². The van der Waals surface area contributed by atoms with Crippen LogP contribution in [0.4, 0.5) is 5.13 Å². The van der Waals surface area contributed by atoms with Crippen molar-refractivity contribution in [2.45, 2.75) is 32.4 Å². The fourth-order valence-electron chi connectivity index (χ4n) is 2.37. The molecule has 0 saturated carbocycles. The highest BCUT2D eigenvalue weighted by atomic mass is 32.1. The van der Waals surface area contributed by atoms with E-state index < -0.39 is 0 Å². The molecule has 0 aromatic carbocycles. The quantitative estimate of drug-likeness (QED) is 0.888. The Morgan fingerprint density at radius 2 is 2.35 bits per heavy atom. The van der Waals surface area contributed by atoms with Crippen molar-refractivity contribution in [2.75, 3.05) is 31.6 Å². The van der Waals surface area contributed by atoms with Gasteiger partial charge in [0.1, 0.15) is 0 Å². The fourth-order valence-corrected chi connectivity index (χ4v) is 3.30. The number of hydrogen-bond acceptors (Lipinski definition) is 5. The van der Waals surface area contributed by atoms with Gasteiger partial charge in [0.2, 0.25) is 0 Å². The van der Waals surface area contributed by atoms with Crippen LogP contribution in [0.3, 0.4) is 0 Å². The zero-order valence-electron chi connectivity index (χ0n) is 10.7. The summed E-state index contributed by atoms with van der Waals surface area (Å²) in [5.41, 5.74) is 6.64. The summed E-state index contributed by atoms with van der Waals surface area (Å²) >= 11 is 1.73. The highest BCUT2D eigenvalue weighted by Gasteiger charge is 2.24. The standard InChI is InChI=1S/C12H22N4S/c1-3-11-8-15(2)5-4-6-16(11)12-14-10(7-13)9-17-12/h9,11H,3-8,13H2,1-2H3. The summed E-state index contributed by atoms with van der Waals surface area (Å²) in [5, 5.41) is 3.23. The van der Waals surface area contributed by atoms with E-state index in [0.717, 1.165) is 23.9 Å². The second kappa shape index (κ2) is 5.80. The van der Waals surface area contributed by atoms with Crippen LogP contribution in [0, 0.1) is 0 Å². The second-order valence-electron chi connectivity index (χ2n) is 4.70. The lowest BCUT2D eigenvalue weighted by Gasteiger charge is -2.29. The Bertz CT molecular complexity index is 352. The van der Waals surface area contributed by atoms with Gasteiger partial charge >= 0.3 is 0 Å². The van der Waals surface area contributed by atoms with Gasteiger partial charge in [0, 0.05) is 31.1 Å². The molecule has 1 saturated heterocycles. The van der Waals surface area contributed by atoms with Gasteiger partial charge in [-0.3, -0.25) is 0 Å². The van der Waals surface area contributed by atoms with Gasteiger partial charge in [-0.2, -0.15) is 0 Å². The molecule has 1 fully saturated rings. The summed E-state index contributed by atoms with van der Waals surface area (Å²) in [6, 6.07) is 0.583. The first kappa shape index (κ1) is 12.8. The largest absolute Gasteiger partial charge is 0.344 e. The van der Waals surface area contributed by atoms with Crippen LogP contribution < -0.4 is 10.6 Å². The fraction of sp³-hybridized carbons (Fsp3) is 0.750. The first-order valence-electron chi connectivity index (χ1n) is 6.34. The van der Waals surface area contributed by atoms with Crippen molar-refractivity contribution >= 4 is 16.5 Å². The van der Waals surface area contributed by atoms with E-state index in [4.69, 9.17) is 5.73 Å². The topological polar surface area (TPSA) is 45.4 Å². The average molecular weight is 254 g/mol. The average Bonchev–Trinajstić information content (AvgIpc) is 2.73. The van der Waals surface area contributed by atoms with Crippen LogP contribution in [0.1, 0.15) is 25.5 Å². The molecule has 4 nitrogen and oxygen atoms in total. The zero-order valence-corrected chi connectivity index (χ0v) is 11.5. The van der Waals surface area contributed by atoms with Gasteiger partial charge in [0.25, 0.3) is 0 Å². The number of anilines is 1. The van der Waals surface area contributed by atoms with Crippen molar-refractivity contribution in [3.8, 4) is 0 Å². The minimum absolute atomic E-state index is 0.543. The third-order valence-corrected chi connectivity index (χ3v) is 4.29. The Morgan fingerprint density at radius 1 is 1.53 bits per heavy atom. The summed E-state index contributed by atoms with van der Waals surface area (Å²) in [6.45, 7) is 6.23. The van der Waals surface area contributed by atoms with E-state index in [1.165, 1.54) is 19.4 Å². The maximum atomic E-state index is 5.63. The van der Waals surface area contributed by atoms with E-state index in [2.05, 4.69) is 34.1 Å². The molecular weight excluding hydrogens is 232 g/mol. The third kappa shape index (κ3) is 2.97. The third-order valence-electron chi connectivity index (χ3n) is 3.37. The number of hydrogen-bond donors (Lipinski definition) is 1. The van der Waals surface area contributed by atoms with E-state index in [-0.39, 0.29) is 0 Å². The van der Waals surface area contributed by atoms with Gasteiger partial charge in [-0.05, 0) is 26.4 Å². The van der Waals surface area contributed by atoms with Crippen molar-refractivity contribution in [2.24, 2.45) is 5.73 Å². The summed E-state index contributed by atoms with van der Waals surface area (Å²) in [4.78, 5) is 9.51. The van der Waals surface area contributed by atoms with Crippen LogP contribution >= 0.6 is 11.3 Å². The molecule has 2 rings (SSSR count). The second-order valence-corrected chi connectivity index (χ2v) is 5.53. The molecule has 1 atom stereocenters. The highest BCUT2D eigenvalue weighted by molar-refractivity contribution is 7.13. The number of rotatable bonds is 3. The zero-order chi connectivity index (χ0) is 12.3. The summed E-state index contributed by atoms with van der Waals surface area (Å²) in [7, 11) is 2.21. The molecule has 0 bridgehead atoms. The molecule has 17 heavy (non-hydrogen) atoms. The predicted molar refractivity (Wildman–Crippen MR) is 73.5 cm³/mol. The number of nitrogens with zero attached hydrogens (tertiary/aromatic N) is 3. The molecule has 5 heteroatoms. The molecule has 1 unspecified atom stereocenters. The van der Waals surface area contributed by atoms with E-state index in [1.807, 2.05) is 0 Å². The number of nitrogens with two attached hydrogens (primary N) is 1. The van der Waals surface area contributed by atoms with E-state index in [9.17, 15) is 0 Å². The lowest BCUT2D eigenvalue weighted by Crippen LogP contribution is -2.39. The van der Waals surface area contributed by atoms with Gasteiger partial charge in [0.05, 0.1) is 5.69 Å². The molecule has 1 aliphatic rings. The Hall–Kier alpha value is -0.650. The molecular formula is C12H22N4S. The maximum absolute atomic E-state index is 5.63. The molecule has 2 N–H and O–H groups in total. The first-order chi connectivity index (χ1) is 8.24.